The number of nitrogens with one attached hydrogen (secondary N) is 1. The molecule has 0 aliphatic carbocycles. The van der Waals surface area contributed by atoms with E-state index >= 15 is 4.39 Å². The van der Waals surface area contributed by atoms with Crippen molar-refractivity contribution in [3.05, 3.63) is 54.3 Å². The summed E-state index contributed by atoms with van der Waals surface area (Å²) >= 11 is 0. The first kappa shape index (κ1) is 24.5. The molecule has 0 radical (unpaired) electrons. The highest BCUT2D eigenvalue weighted by Crippen LogP contribution is 2.35. The first-order valence-electron chi connectivity index (χ1n) is 12.6. The zero-order valence-electron chi connectivity index (χ0n) is 20.9. The summed E-state index contributed by atoms with van der Waals surface area (Å²) in [5.74, 6) is -0.473. The Balaban J connectivity index is 1.42. The van der Waals surface area contributed by atoms with E-state index in [1.807, 2.05) is 22.8 Å². The maximum Gasteiger partial charge on any atom is 0.254 e. The van der Waals surface area contributed by atoms with Crippen molar-refractivity contribution in [1.29, 1.82) is 0 Å². The van der Waals surface area contributed by atoms with Crippen molar-refractivity contribution in [2.75, 3.05) is 57.9 Å². The highest BCUT2D eigenvalue weighted by Gasteiger charge is 2.33. The molecule has 2 fully saturated rings. The Kier molecular flexibility index (Phi) is 7.06. The highest BCUT2D eigenvalue weighted by atomic mass is 19.1. The molecule has 1 amide bonds. The van der Waals surface area contributed by atoms with Crippen molar-refractivity contribution in [3.63, 3.8) is 0 Å². The molecule has 0 aromatic carbocycles. The second kappa shape index (κ2) is 10.4. The van der Waals surface area contributed by atoms with Crippen LogP contribution in [0.3, 0.4) is 0 Å². The fourth-order valence-electron chi connectivity index (χ4n) is 5.22. The second-order valence-electron chi connectivity index (χ2n) is 9.63. The SMILES string of the molecule is C=CC(=C)N1CCCC(N(C)c2nc(-c3cnn(CCN4CCOCC4)c3)c3c(c2F)CNC3=O)C1. The molecule has 3 aliphatic rings. The smallest absolute Gasteiger partial charge is 0.254 e. The number of allylic oxidation sites excluding steroid dienone is 1. The van der Waals surface area contributed by atoms with Gasteiger partial charge in [-0.1, -0.05) is 13.2 Å². The molecule has 10 heteroatoms. The predicted octanol–water partition coefficient (Wildman–Crippen LogP) is 2.26. The van der Waals surface area contributed by atoms with Crippen LogP contribution in [0, 0.1) is 5.82 Å². The van der Waals surface area contributed by atoms with E-state index < -0.39 is 5.82 Å². The summed E-state index contributed by atoms with van der Waals surface area (Å²) < 4.78 is 23.0. The molecule has 0 spiro atoms. The molecule has 2 saturated heterocycles. The molecular formula is C26H34FN7O2. The maximum absolute atomic E-state index is 15.7. The number of carbonyl (C=O) groups excluding carboxylic acids is 1. The van der Waals surface area contributed by atoms with Gasteiger partial charge in [-0.3, -0.25) is 14.4 Å². The van der Waals surface area contributed by atoms with Crippen LogP contribution in [0.4, 0.5) is 10.2 Å². The lowest BCUT2D eigenvalue weighted by molar-refractivity contribution is 0.0360. The monoisotopic (exact) mass is 495 g/mol. The van der Waals surface area contributed by atoms with E-state index in [9.17, 15) is 4.79 Å². The van der Waals surface area contributed by atoms with Crippen LogP contribution in [0.5, 0.6) is 0 Å². The van der Waals surface area contributed by atoms with Crippen molar-refractivity contribution in [3.8, 4) is 11.3 Å². The molecule has 2 aromatic heterocycles. The van der Waals surface area contributed by atoms with E-state index in [2.05, 4.69) is 33.4 Å². The number of fused-ring (bicyclic) bond motifs is 1. The molecule has 1 N–H and O–H groups in total. The van der Waals surface area contributed by atoms with Crippen LogP contribution < -0.4 is 10.2 Å². The van der Waals surface area contributed by atoms with E-state index in [0.29, 0.717) is 35.5 Å². The third kappa shape index (κ3) is 4.75. The first-order chi connectivity index (χ1) is 17.5. The summed E-state index contributed by atoms with van der Waals surface area (Å²) in [5, 5.41) is 7.28. The summed E-state index contributed by atoms with van der Waals surface area (Å²) in [5.41, 5.74) is 2.74. The first-order valence-corrected chi connectivity index (χ1v) is 12.6. The topological polar surface area (TPSA) is 78.8 Å². The molecular weight excluding hydrogens is 461 g/mol. The Morgan fingerprint density at radius 2 is 2.14 bits per heavy atom. The molecule has 0 bridgehead atoms. The number of rotatable bonds is 8. The summed E-state index contributed by atoms with van der Waals surface area (Å²) in [6, 6.07) is 0.0599. The third-order valence-electron chi connectivity index (χ3n) is 7.45. The summed E-state index contributed by atoms with van der Waals surface area (Å²) in [4.78, 5) is 23.8. The van der Waals surface area contributed by atoms with Crippen LogP contribution in [-0.2, 0) is 17.8 Å². The van der Waals surface area contributed by atoms with Gasteiger partial charge in [0.05, 0.1) is 37.2 Å². The Bertz CT molecular complexity index is 1160. The number of morpholine rings is 1. The number of piperidine rings is 1. The predicted molar refractivity (Wildman–Crippen MR) is 136 cm³/mol. The number of aromatic nitrogens is 3. The highest BCUT2D eigenvalue weighted by molar-refractivity contribution is 6.04. The van der Waals surface area contributed by atoms with Gasteiger partial charge in [0.1, 0.15) is 0 Å². The lowest BCUT2D eigenvalue weighted by atomic mass is 10.0. The lowest BCUT2D eigenvalue weighted by Crippen LogP contribution is -2.46. The lowest BCUT2D eigenvalue weighted by Gasteiger charge is -2.39. The molecule has 5 heterocycles. The average Bonchev–Trinajstić information content (AvgIpc) is 3.55. The Labute approximate surface area is 211 Å². The van der Waals surface area contributed by atoms with E-state index in [4.69, 9.17) is 9.72 Å². The molecule has 5 rings (SSSR count). The number of pyridine rings is 1. The number of halogens is 1. The molecule has 1 unspecified atom stereocenters. The number of amides is 1. The van der Waals surface area contributed by atoms with Crippen LogP contribution in [0.2, 0.25) is 0 Å². The third-order valence-corrected chi connectivity index (χ3v) is 7.45. The number of anilines is 1. The maximum atomic E-state index is 15.7. The fourth-order valence-corrected chi connectivity index (χ4v) is 5.22. The number of hydrogen-bond donors (Lipinski definition) is 1. The molecule has 2 aromatic rings. The number of likely N-dealkylation sites (N-methyl/N-ethyl adjacent to an activating group) is 1. The molecule has 36 heavy (non-hydrogen) atoms. The normalized spacial score (nSPS) is 20.2. The average molecular weight is 496 g/mol. The summed E-state index contributed by atoms with van der Waals surface area (Å²) in [7, 11) is 1.88. The standard InChI is InChI=1S/C26H34FN7O2/c1-4-18(2)33-7-5-6-20(17-33)31(3)25-23(27)21-15-28-26(35)22(21)24(30-25)19-14-29-34(16-19)9-8-32-10-12-36-13-11-32/h4,14,16,20H,1-2,5-13,15,17H2,3H3,(H,28,35). The minimum absolute atomic E-state index is 0.0599. The van der Waals surface area contributed by atoms with Crippen molar-refractivity contribution in [2.45, 2.75) is 32.0 Å². The zero-order chi connectivity index (χ0) is 25.2. The Morgan fingerprint density at radius 1 is 1.33 bits per heavy atom. The largest absolute Gasteiger partial charge is 0.379 e. The summed E-state index contributed by atoms with van der Waals surface area (Å²) in [6.45, 7) is 14.6. The molecule has 192 valence electrons. The number of ether oxygens (including phenoxy) is 1. The van der Waals surface area contributed by atoms with Gasteiger partial charge in [0, 0.05) is 75.4 Å². The number of likely N-dealkylation sites (tertiary alicyclic amines) is 1. The zero-order valence-corrected chi connectivity index (χ0v) is 20.9. The molecule has 1 atom stereocenters. The van der Waals surface area contributed by atoms with E-state index in [1.54, 1.807) is 12.3 Å². The van der Waals surface area contributed by atoms with E-state index in [0.717, 1.165) is 57.9 Å². The van der Waals surface area contributed by atoms with Crippen LogP contribution in [0.25, 0.3) is 11.3 Å². The van der Waals surface area contributed by atoms with Gasteiger partial charge in [0.15, 0.2) is 11.6 Å². The second-order valence-corrected chi connectivity index (χ2v) is 9.63. The van der Waals surface area contributed by atoms with E-state index in [-0.39, 0.29) is 24.3 Å². The van der Waals surface area contributed by atoms with Gasteiger partial charge in [-0.05, 0) is 18.9 Å². The molecule has 0 saturated carbocycles. The van der Waals surface area contributed by atoms with Gasteiger partial charge in [-0.2, -0.15) is 5.10 Å². The van der Waals surface area contributed by atoms with Crippen LogP contribution in [0.15, 0.2) is 37.3 Å². The van der Waals surface area contributed by atoms with Crippen LogP contribution >= 0.6 is 0 Å². The van der Waals surface area contributed by atoms with Crippen LogP contribution in [0.1, 0.15) is 28.8 Å². The van der Waals surface area contributed by atoms with Crippen molar-refractivity contribution in [2.24, 2.45) is 0 Å². The van der Waals surface area contributed by atoms with Gasteiger partial charge in [-0.15, -0.1) is 0 Å². The van der Waals surface area contributed by atoms with Gasteiger partial charge < -0.3 is 19.9 Å². The number of nitrogens with zero attached hydrogens (tertiary/aromatic N) is 6. The van der Waals surface area contributed by atoms with Crippen LogP contribution in [-0.4, -0.2) is 89.5 Å². The van der Waals surface area contributed by atoms with Crippen molar-refractivity contribution in [1.82, 2.24) is 29.9 Å². The minimum Gasteiger partial charge on any atom is -0.379 e. The Morgan fingerprint density at radius 3 is 2.92 bits per heavy atom. The quantitative estimate of drug-likeness (QED) is 0.563. The molecule has 3 aliphatic heterocycles. The van der Waals surface area contributed by atoms with Crippen molar-refractivity contribution >= 4 is 11.7 Å². The van der Waals surface area contributed by atoms with Gasteiger partial charge in [0.2, 0.25) is 0 Å². The number of hydrogen-bond acceptors (Lipinski definition) is 7. The fraction of sp³-hybridized carbons (Fsp3) is 0.500. The van der Waals surface area contributed by atoms with Gasteiger partial charge in [0.25, 0.3) is 5.91 Å². The van der Waals surface area contributed by atoms with Gasteiger partial charge >= 0.3 is 0 Å². The van der Waals surface area contributed by atoms with Crippen molar-refractivity contribution < 1.29 is 13.9 Å². The molecule has 9 nitrogen and oxygen atoms in total. The van der Waals surface area contributed by atoms with Gasteiger partial charge in [-0.25, -0.2) is 9.37 Å². The minimum atomic E-state index is -0.436. The Hall–Kier alpha value is -3.24. The number of carbonyl (C=O) groups is 1. The van der Waals surface area contributed by atoms with E-state index in [1.165, 1.54) is 0 Å². The summed E-state index contributed by atoms with van der Waals surface area (Å²) in [6.07, 6.45) is 7.25.